The van der Waals surface area contributed by atoms with Gasteiger partial charge in [0.1, 0.15) is 0 Å². The van der Waals surface area contributed by atoms with E-state index >= 15 is 0 Å². The number of alkyl halides is 3. The second-order valence-electron chi connectivity index (χ2n) is 6.97. The van der Waals surface area contributed by atoms with Crippen molar-refractivity contribution in [3.8, 4) is 11.5 Å². The molecule has 0 aromatic heterocycles. The number of hydrogen-bond acceptors (Lipinski definition) is 4. The van der Waals surface area contributed by atoms with Gasteiger partial charge in [0.2, 0.25) is 11.8 Å². The number of methoxy groups -OCH3 is 1. The maximum Gasteiger partial charge on any atom is 0.422 e. The lowest BCUT2D eigenvalue weighted by atomic mass is 10.1. The summed E-state index contributed by atoms with van der Waals surface area (Å²) in [6.07, 6.45) is -3.93. The molecule has 0 spiro atoms. The average Bonchev–Trinajstić information content (AvgIpc) is 2.71. The maximum absolute atomic E-state index is 12.4. The van der Waals surface area contributed by atoms with Gasteiger partial charge < -0.3 is 19.7 Å². The lowest BCUT2D eigenvalue weighted by Crippen LogP contribution is -2.24. The molecule has 2 aromatic rings. The summed E-state index contributed by atoms with van der Waals surface area (Å²) in [5, 5.41) is 2.84. The number of carbonyl (C=O) groups excluding carboxylic acids is 2. The first kappa shape index (κ1) is 24.0. The maximum atomic E-state index is 12.4. The van der Waals surface area contributed by atoms with E-state index in [-0.39, 0.29) is 29.7 Å². The summed E-state index contributed by atoms with van der Waals surface area (Å²) >= 11 is 0. The van der Waals surface area contributed by atoms with Crippen molar-refractivity contribution < 1.29 is 32.2 Å². The van der Waals surface area contributed by atoms with Crippen LogP contribution in [0.25, 0.3) is 0 Å². The van der Waals surface area contributed by atoms with Crippen LogP contribution in [0, 0.1) is 0 Å². The van der Waals surface area contributed by atoms with Crippen LogP contribution in [-0.4, -0.2) is 43.7 Å². The number of nitrogens with one attached hydrogen (secondary N) is 1. The van der Waals surface area contributed by atoms with Crippen LogP contribution in [-0.2, 0) is 22.6 Å². The third-order valence-corrected chi connectivity index (χ3v) is 4.50. The molecule has 0 aliphatic heterocycles. The quantitative estimate of drug-likeness (QED) is 0.638. The minimum atomic E-state index is -4.45. The topological polar surface area (TPSA) is 67.9 Å². The van der Waals surface area contributed by atoms with Gasteiger partial charge in [0, 0.05) is 32.6 Å². The molecule has 0 fully saturated rings. The Morgan fingerprint density at radius 1 is 1.10 bits per heavy atom. The van der Waals surface area contributed by atoms with Gasteiger partial charge in [-0.25, -0.2) is 0 Å². The van der Waals surface area contributed by atoms with Gasteiger partial charge in [-0.1, -0.05) is 24.3 Å². The van der Waals surface area contributed by atoms with Crippen molar-refractivity contribution in [3.05, 3.63) is 53.6 Å². The summed E-state index contributed by atoms with van der Waals surface area (Å²) < 4.78 is 46.9. The van der Waals surface area contributed by atoms with Gasteiger partial charge in [-0.3, -0.25) is 9.59 Å². The van der Waals surface area contributed by atoms with Crippen LogP contribution in [0.15, 0.2) is 42.5 Å². The van der Waals surface area contributed by atoms with Crippen molar-refractivity contribution in [1.29, 1.82) is 0 Å². The zero-order chi connectivity index (χ0) is 23.0. The Morgan fingerprint density at radius 3 is 2.45 bits per heavy atom. The molecular weight excluding hydrogens is 413 g/mol. The Balaban J connectivity index is 1.98. The summed E-state index contributed by atoms with van der Waals surface area (Å²) in [6.45, 7) is 0.417. The number of anilines is 1. The fourth-order valence-electron chi connectivity index (χ4n) is 2.76. The van der Waals surface area contributed by atoms with Gasteiger partial charge >= 0.3 is 6.18 Å². The van der Waals surface area contributed by atoms with Crippen molar-refractivity contribution in [3.63, 3.8) is 0 Å². The highest BCUT2D eigenvalue weighted by molar-refractivity contribution is 5.91. The van der Waals surface area contributed by atoms with Crippen molar-refractivity contribution in [1.82, 2.24) is 4.90 Å². The number of aryl methyl sites for hydroxylation is 1. The Hall–Kier alpha value is -3.23. The number of hydrogen-bond donors (Lipinski definition) is 1. The van der Waals surface area contributed by atoms with E-state index in [2.05, 4.69) is 5.32 Å². The fourth-order valence-corrected chi connectivity index (χ4v) is 2.76. The molecule has 0 bridgehead atoms. The predicted octanol–water partition coefficient (Wildman–Crippen LogP) is 4.19. The number of nitrogens with zero attached hydrogens (tertiary/aromatic N) is 1. The van der Waals surface area contributed by atoms with E-state index in [1.807, 2.05) is 12.1 Å². The summed E-state index contributed by atoms with van der Waals surface area (Å²) in [6, 6.07) is 11.7. The van der Waals surface area contributed by atoms with E-state index in [0.29, 0.717) is 18.7 Å². The summed E-state index contributed by atoms with van der Waals surface area (Å²) in [7, 11) is 3.01. The molecule has 0 aliphatic rings. The Kier molecular flexibility index (Phi) is 8.30. The second kappa shape index (κ2) is 10.7. The third-order valence-electron chi connectivity index (χ3n) is 4.50. The number of halogens is 3. The van der Waals surface area contributed by atoms with E-state index < -0.39 is 12.8 Å². The lowest BCUT2D eigenvalue weighted by molar-refractivity contribution is -0.153. The summed E-state index contributed by atoms with van der Waals surface area (Å²) in [5.41, 5.74) is 2.14. The van der Waals surface area contributed by atoms with Crippen LogP contribution in [0.1, 0.15) is 24.5 Å². The predicted molar refractivity (Wildman–Crippen MR) is 110 cm³/mol. The minimum Gasteiger partial charge on any atom is -0.493 e. The normalized spacial score (nSPS) is 11.0. The Morgan fingerprint density at radius 2 is 1.81 bits per heavy atom. The Bertz CT molecular complexity index is 916. The fraction of sp³-hybridized carbons (Fsp3) is 0.364. The molecule has 9 heteroatoms. The molecule has 0 atom stereocenters. The molecule has 2 aromatic carbocycles. The Labute approximate surface area is 178 Å². The van der Waals surface area contributed by atoms with Gasteiger partial charge in [-0.2, -0.15) is 13.2 Å². The first-order valence-electron chi connectivity index (χ1n) is 9.55. The van der Waals surface area contributed by atoms with Crippen LogP contribution in [0.3, 0.4) is 0 Å². The number of amides is 2. The molecular formula is C22H25F3N2O4. The number of ether oxygens (including phenoxy) is 2. The van der Waals surface area contributed by atoms with Gasteiger partial charge in [0.25, 0.3) is 0 Å². The monoisotopic (exact) mass is 438 g/mol. The molecule has 6 nitrogen and oxygen atoms in total. The van der Waals surface area contributed by atoms with Crippen molar-refractivity contribution in [2.45, 2.75) is 32.5 Å². The highest BCUT2D eigenvalue weighted by Crippen LogP contribution is 2.30. The lowest BCUT2D eigenvalue weighted by Gasteiger charge is -2.18. The zero-order valence-corrected chi connectivity index (χ0v) is 17.6. The van der Waals surface area contributed by atoms with E-state index in [0.717, 1.165) is 11.1 Å². The average molecular weight is 438 g/mol. The first-order valence-corrected chi connectivity index (χ1v) is 9.55. The van der Waals surface area contributed by atoms with Crippen LogP contribution < -0.4 is 14.8 Å². The molecule has 0 saturated carbocycles. The SMILES string of the molecule is COc1cc(CCC(=O)Nc2ccccc2CN(C)C(C)=O)ccc1OCC(F)(F)F. The molecule has 0 unspecified atom stereocenters. The van der Waals surface area contributed by atoms with Gasteiger partial charge in [-0.15, -0.1) is 0 Å². The number of carbonyl (C=O) groups is 2. The van der Waals surface area contributed by atoms with Crippen molar-refractivity contribution >= 4 is 17.5 Å². The smallest absolute Gasteiger partial charge is 0.422 e. The summed E-state index contributed by atoms with van der Waals surface area (Å²) in [4.78, 5) is 25.4. The van der Waals surface area contributed by atoms with Crippen LogP contribution in [0.4, 0.5) is 18.9 Å². The second-order valence-corrected chi connectivity index (χ2v) is 6.97. The molecule has 1 N–H and O–H groups in total. The summed E-state index contributed by atoms with van der Waals surface area (Å²) in [5.74, 6) is -0.164. The number of benzene rings is 2. The van der Waals surface area contributed by atoms with Crippen LogP contribution in [0.5, 0.6) is 11.5 Å². The number of para-hydroxylation sites is 1. The van der Waals surface area contributed by atoms with Gasteiger partial charge in [-0.05, 0) is 35.7 Å². The number of rotatable bonds is 9. The molecule has 0 aliphatic carbocycles. The van der Waals surface area contributed by atoms with E-state index in [1.165, 1.54) is 20.1 Å². The molecule has 0 heterocycles. The molecule has 0 radical (unpaired) electrons. The third kappa shape index (κ3) is 7.84. The largest absolute Gasteiger partial charge is 0.493 e. The molecule has 0 saturated heterocycles. The van der Waals surface area contributed by atoms with Crippen LogP contribution in [0.2, 0.25) is 0 Å². The molecule has 31 heavy (non-hydrogen) atoms. The van der Waals surface area contributed by atoms with Gasteiger partial charge in [0.15, 0.2) is 18.1 Å². The first-order chi connectivity index (χ1) is 14.6. The van der Waals surface area contributed by atoms with Crippen LogP contribution >= 0.6 is 0 Å². The van der Waals surface area contributed by atoms with Crippen molar-refractivity contribution in [2.24, 2.45) is 0 Å². The van der Waals surface area contributed by atoms with E-state index in [4.69, 9.17) is 9.47 Å². The van der Waals surface area contributed by atoms with E-state index in [9.17, 15) is 22.8 Å². The molecule has 2 amide bonds. The van der Waals surface area contributed by atoms with Gasteiger partial charge in [0.05, 0.1) is 7.11 Å². The standard InChI is InChI=1S/C22H25F3N2O4/c1-15(28)27(2)13-17-6-4-5-7-18(17)26-21(29)11-9-16-8-10-19(20(12-16)30-3)31-14-22(23,24)25/h4-8,10,12H,9,11,13-14H2,1-3H3,(H,26,29). The zero-order valence-electron chi connectivity index (χ0n) is 17.6. The highest BCUT2D eigenvalue weighted by Gasteiger charge is 2.29. The highest BCUT2D eigenvalue weighted by atomic mass is 19.4. The van der Waals surface area contributed by atoms with Crippen molar-refractivity contribution in [2.75, 3.05) is 26.1 Å². The minimum absolute atomic E-state index is 0.0171. The molecule has 2 rings (SSSR count). The van der Waals surface area contributed by atoms with E-state index in [1.54, 1.807) is 36.2 Å². The molecule has 168 valence electrons.